The van der Waals surface area contributed by atoms with E-state index in [1.165, 1.54) is 0 Å². The summed E-state index contributed by atoms with van der Waals surface area (Å²) in [6.07, 6.45) is -17.5. The van der Waals surface area contributed by atoms with E-state index in [-0.39, 0.29) is 0 Å². The lowest BCUT2D eigenvalue weighted by atomic mass is 10.2. The van der Waals surface area contributed by atoms with Crippen molar-refractivity contribution >= 4 is 0 Å². The number of hydrogen-bond donors (Lipinski definition) is 0. The summed E-state index contributed by atoms with van der Waals surface area (Å²) >= 11 is 0. The van der Waals surface area contributed by atoms with Crippen LogP contribution in [-0.2, 0) is 4.74 Å². The van der Waals surface area contributed by atoms with Crippen LogP contribution in [0.2, 0.25) is 0 Å². The summed E-state index contributed by atoms with van der Waals surface area (Å²) in [7, 11) is 0. The third kappa shape index (κ3) is 2.29. The van der Waals surface area contributed by atoms with Crippen LogP contribution in [-0.4, -0.2) is 35.3 Å². The Bertz CT molecular complexity index is 467. The van der Waals surface area contributed by atoms with E-state index in [4.69, 9.17) is 0 Å². The van der Waals surface area contributed by atoms with Crippen molar-refractivity contribution in [3.63, 3.8) is 0 Å². The van der Waals surface area contributed by atoms with Gasteiger partial charge in [0.15, 0.2) is 0 Å². The molecule has 1 aliphatic rings. The molecule has 0 N–H and O–H groups in total. The van der Waals surface area contributed by atoms with Crippen LogP contribution in [0.15, 0.2) is 11.9 Å². The lowest BCUT2D eigenvalue weighted by Gasteiger charge is -2.48. The van der Waals surface area contributed by atoms with Crippen LogP contribution in [0.5, 0.6) is 0 Å². The Kier molecular flexibility index (Phi) is 3.95. The molecule has 2 nitrogen and oxygen atoms in total. The van der Waals surface area contributed by atoms with E-state index in [9.17, 15) is 57.1 Å². The number of rotatable bonds is 2. The summed E-state index contributed by atoms with van der Waals surface area (Å²) in [6.45, 7) is 0. The van der Waals surface area contributed by atoms with Crippen LogP contribution in [0.4, 0.5) is 57.1 Å². The topological polar surface area (TPSA) is 12.5 Å². The fourth-order valence-corrected chi connectivity index (χ4v) is 1.29. The van der Waals surface area contributed by atoms with E-state index in [1.807, 2.05) is 0 Å². The minimum absolute atomic E-state index is 1.79. The van der Waals surface area contributed by atoms with Gasteiger partial charge in [-0.15, -0.1) is 0 Å². The Morgan fingerprint density at radius 1 is 0.727 bits per heavy atom. The first kappa shape index (κ1) is 18.8. The monoisotopic (exact) mass is 361 g/mol. The fraction of sp³-hybridized carbons (Fsp3) is 0.714. The molecule has 0 spiro atoms. The second-order valence-electron chi connectivity index (χ2n) is 3.67. The van der Waals surface area contributed by atoms with Crippen LogP contribution in [0.25, 0.3) is 0 Å². The highest BCUT2D eigenvalue weighted by Gasteiger charge is 2.87. The maximum absolute atomic E-state index is 13.0. The first-order valence-electron chi connectivity index (χ1n) is 4.54. The van der Waals surface area contributed by atoms with Crippen molar-refractivity contribution in [2.45, 2.75) is 30.4 Å². The van der Waals surface area contributed by atoms with E-state index >= 15 is 0 Å². The molecule has 0 amide bonds. The second-order valence-corrected chi connectivity index (χ2v) is 3.67. The molecule has 15 heteroatoms. The zero-order valence-corrected chi connectivity index (χ0v) is 9.27. The molecule has 1 fully saturated rings. The van der Waals surface area contributed by atoms with Gasteiger partial charge in [-0.1, -0.05) is 4.90 Å². The molecule has 1 aliphatic heterocycles. The molecule has 0 bridgehead atoms. The molecule has 0 saturated carbocycles. The minimum Gasteiger partial charge on any atom is -0.243 e. The maximum Gasteiger partial charge on any atom is 0.439 e. The first-order chi connectivity index (χ1) is 9.43. The van der Waals surface area contributed by atoms with Crippen LogP contribution in [0.3, 0.4) is 0 Å². The standard InChI is InChI=1S/C7F13NO/c8-1(2(9)10)3(11,12)21-4(13,14)6(17,18)22-7(19,20)5(21,15)16. The quantitative estimate of drug-likeness (QED) is 0.535. The second kappa shape index (κ2) is 4.62. The molecule has 0 radical (unpaired) electrons. The van der Waals surface area contributed by atoms with Gasteiger partial charge in [-0.3, -0.25) is 0 Å². The Hall–Kier alpha value is -1.25. The van der Waals surface area contributed by atoms with Gasteiger partial charge in [0.2, 0.25) is 0 Å². The Morgan fingerprint density at radius 3 is 1.32 bits per heavy atom. The molecule has 0 aliphatic carbocycles. The van der Waals surface area contributed by atoms with Gasteiger partial charge < -0.3 is 0 Å². The third-order valence-corrected chi connectivity index (χ3v) is 2.23. The molecule has 1 heterocycles. The molecule has 1 saturated heterocycles. The number of ether oxygens (including phenoxy) is 1. The molecular weight excluding hydrogens is 361 g/mol. The van der Waals surface area contributed by atoms with Gasteiger partial charge in [0.05, 0.1) is 0 Å². The number of morpholine rings is 1. The average Bonchev–Trinajstić information content (AvgIpc) is 2.22. The van der Waals surface area contributed by atoms with Crippen molar-refractivity contribution < 1.29 is 61.8 Å². The maximum atomic E-state index is 13.0. The predicted octanol–water partition coefficient (Wildman–Crippen LogP) is 4.36. The minimum atomic E-state index is -6.98. The van der Waals surface area contributed by atoms with E-state index in [0.717, 1.165) is 0 Å². The number of halogens is 13. The Morgan fingerprint density at radius 2 is 1.05 bits per heavy atom. The SMILES string of the molecule is FC(F)=C(F)C(F)(F)N1C(F)(F)C(F)(F)OC(F)(F)C1(F)F. The summed E-state index contributed by atoms with van der Waals surface area (Å²) in [6, 6.07) is -20.9. The van der Waals surface area contributed by atoms with Crippen LogP contribution in [0, 0.1) is 0 Å². The van der Waals surface area contributed by atoms with Crippen LogP contribution < -0.4 is 0 Å². The first-order valence-corrected chi connectivity index (χ1v) is 4.54. The number of hydrogen-bond acceptors (Lipinski definition) is 2. The highest BCUT2D eigenvalue weighted by molar-refractivity contribution is 5.10. The summed E-state index contributed by atoms with van der Waals surface area (Å²) in [5, 5.41) is 0. The molecule has 0 aromatic heterocycles. The lowest BCUT2D eigenvalue weighted by Crippen LogP contribution is -2.77. The normalized spacial score (nSPS) is 26.6. The van der Waals surface area contributed by atoms with Gasteiger partial charge in [0, 0.05) is 0 Å². The van der Waals surface area contributed by atoms with Gasteiger partial charge >= 0.3 is 36.4 Å². The van der Waals surface area contributed by atoms with Crippen LogP contribution >= 0.6 is 0 Å². The highest BCUT2D eigenvalue weighted by Crippen LogP contribution is 2.59. The number of nitrogens with zero attached hydrogens (tertiary/aromatic N) is 1. The molecule has 0 atom stereocenters. The van der Waals surface area contributed by atoms with Gasteiger partial charge in [-0.25, -0.2) is 4.74 Å². The van der Waals surface area contributed by atoms with Gasteiger partial charge in [0.25, 0.3) is 5.83 Å². The Balaban J connectivity index is 3.68. The van der Waals surface area contributed by atoms with E-state index in [0.29, 0.717) is 0 Å². The molecule has 0 unspecified atom stereocenters. The molecule has 130 valence electrons. The molecule has 0 aromatic rings. The van der Waals surface area contributed by atoms with E-state index in [1.54, 1.807) is 4.74 Å². The molecule has 1 rings (SSSR count). The molecular formula is C7F13NO. The van der Waals surface area contributed by atoms with Gasteiger partial charge in [0.1, 0.15) is 0 Å². The fourth-order valence-electron chi connectivity index (χ4n) is 1.29. The summed E-state index contributed by atoms with van der Waals surface area (Å²) in [5.74, 6) is -4.35. The van der Waals surface area contributed by atoms with Gasteiger partial charge in [-0.2, -0.15) is 57.1 Å². The largest absolute Gasteiger partial charge is 0.439 e. The molecule has 0 aromatic carbocycles. The van der Waals surface area contributed by atoms with Crippen molar-refractivity contribution in [1.82, 2.24) is 4.90 Å². The zero-order valence-electron chi connectivity index (χ0n) is 9.27. The van der Waals surface area contributed by atoms with Crippen molar-refractivity contribution in [1.29, 1.82) is 0 Å². The summed E-state index contributed by atoms with van der Waals surface area (Å²) in [5.41, 5.74) is 0. The number of alkyl halides is 10. The Labute approximate surface area is 110 Å². The predicted molar refractivity (Wildman–Crippen MR) is 38.0 cm³/mol. The zero-order chi connectivity index (χ0) is 17.9. The molecule has 22 heavy (non-hydrogen) atoms. The van der Waals surface area contributed by atoms with Crippen molar-refractivity contribution in [2.75, 3.05) is 0 Å². The van der Waals surface area contributed by atoms with Crippen molar-refractivity contribution in [3.8, 4) is 0 Å². The van der Waals surface area contributed by atoms with Crippen molar-refractivity contribution in [2.24, 2.45) is 0 Å². The summed E-state index contributed by atoms with van der Waals surface area (Å²) < 4.78 is 166. The lowest BCUT2D eigenvalue weighted by molar-refractivity contribution is -0.583. The van der Waals surface area contributed by atoms with E-state index < -0.39 is 47.2 Å². The summed E-state index contributed by atoms with van der Waals surface area (Å²) in [4.78, 5) is -3.66. The third-order valence-electron chi connectivity index (χ3n) is 2.23. The smallest absolute Gasteiger partial charge is 0.243 e. The van der Waals surface area contributed by atoms with Crippen LogP contribution in [0.1, 0.15) is 0 Å². The average molecular weight is 361 g/mol. The highest BCUT2D eigenvalue weighted by atomic mass is 19.4. The van der Waals surface area contributed by atoms with E-state index in [2.05, 4.69) is 0 Å². The van der Waals surface area contributed by atoms with Gasteiger partial charge in [-0.05, 0) is 0 Å². The van der Waals surface area contributed by atoms with Crippen molar-refractivity contribution in [3.05, 3.63) is 11.9 Å².